The third-order valence-electron chi connectivity index (χ3n) is 3.05. The van der Waals surface area contributed by atoms with Gasteiger partial charge in [-0.1, -0.05) is 18.5 Å². The first-order valence-corrected chi connectivity index (χ1v) is 8.08. The topological polar surface area (TPSA) is 54.0 Å². The quantitative estimate of drug-likeness (QED) is 0.848. The number of nitrogens with zero attached hydrogens (tertiary/aromatic N) is 1. The van der Waals surface area contributed by atoms with Crippen LogP contribution in [0.3, 0.4) is 0 Å². The summed E-state index contributed by atoms with van der Waals surface area (Å²) in [5.41, 5.74) is 4.11. The SMILES string of the molecule is CCCNc1ccc(Cl)cc1C(=O)NCc1scnc1C. The number of rotatable bonds is 6. The van der Waals surface area contributed by atoms with Gasteiger partial charge in [0.15, 0.2) is 0 Å². The molecule has 2 N–H and O–H groups in total. The summed E-state index contributed by atoms with van der Waals surface area (Å²) in [6.45, 7) is 5.31. The lowest BCUT2D eigenvalue weighted by Crippen LogP contribution is -2.24. The first-order chi connectivity index (χ1) is 10.1. The number of aryl methyl sites for hydroxylation is 1. The summed E-state index contributed by atoms with van der Waals surface area (Å²) in [5.74, 6) is -0.135. The molecule has 0 atom stereocenters. The van der Waals surface area contributed by atoms with E-state index < -0.39 is 0 Å². The van der Waals surface area contributed by atoms with Gasteiger partial charge >= 0.3 is 0 Å². The number of hydrogen-bond donors (Lipinski definition) is 2. The summed E-state index contributed by atoms with van der Waals surface area (Å²) in [4.78, 5) is 17.6. The van der Waals surface area contributed by atoms with Gasteiger partial charge < -0.3 is 10.6 Å². The first kappa shape index (κ1) is 15.8. The molecule has 1 aromatic heterocycles. The standard InChI is InChI=1S/C15H18ClN3OS/c1-3-6-17-13-5-4-11(16)7-12(13)15(20)18-8-14-10(2)19-9-21-14/h4-5,7,9,17H,3,6,8H2,1-2H3,(H,18,20). The van der Waals surface area contributed by atoms with Crippen molar-refractivity contribution in [3.8, 4) is 0 Å². The number of aromatic nitrogens is 1. The van der Waals surface area contributed by atoms with E-state index in [0.717, 1.165) is 29.2 Å². The van der Waals surface area contributed by atoms with E-state index in [9.17, 15) is 4.79 Å². The molecular formula is C15H18ClN3OS. The van der Waals surface area contributed by atoms with Crippen LogP contribution in [0.1, 0.15) is 34.3 Å². The van der Waals surface area contributed by atoms with Crippen molar-refractivity contribution in [2.75, 3.05) is 11.9 Å². The maximum atomic E-state index is 12.4. The fourth-order valence-corrected chi connectivity index (χ4v) is 2.76. The minimum absolute atomic E-state index is 0.135. The molecule has 0 aliphatic rings. The summed E-state index contributed by atoms with van der Waals surface area (Å²) in [7, 11) is 0. The van der Waals surface area contributed by atoms with Gasteiger partial charge in [0.25, 0.3) is 5.91 Å². The molecule has 6 heteroatoms. The predicted octanol–water partition coefficient (Wildman–Crippen LogP) is 3.86. The van der Waals surface area contributed by atoms with Gasteiger partial charge in [0.1, 0.15) is 0 Å². The highest BCUT2D eigenvalue weighted by Crippen LogP contribution is 2.21. The van der Waals surface area contributed by atoms with Crippen LogP contribution in [0.4, 0.5) is 5.69 Å². The van der Waals surface area contributed by atoms with Gasteiger partial charge in [0.2, 0.25) is 0 Å². The third-order valence-corrected chi connectivity index (χ3v) is 4.22. The fourth-order valence-electron chi connectivity index (χ4n) is 1.87. The number of anilines is 1. The van der Waals surface area contributed by atoms with Crippen LogP contribution >= 0.6 is 22.9 Å². The zero-order valence-corrected chi connectivity index (χ0v) is 13.6. The first-order valence-electron chi connectivity index (χ1n) is 6.82. The van der Waals surface area contributed by atoms with Crippen molar-refractivity contribution in [2.24, 2.45) is 0 Å². The molecule has 0 radical (unpaired) electrons. The zero-order chi connectivity index (χ0) is 15.2. The maximum Gasteiger partial charge on any atom is 0.253 e. The van der Waals surface area contributed by atoms with Crippen molar-refractivity contribution < 1.29 is 4.79 Å². The monoisotopic (exact) mass is 323 g/mol. The second-order valence-corrected chi connectivity index (χ2v) is 6.04. The van der Waals surface area contributed by atoms with Crippen LogP contribution in [-0.2, 0) is 6.54 Å². The molecule has 0 aliphatic heterocycles. The van der Waals surface area contributed by atoms with Crippen molar-refractivity contribution >= 4 is 34.5 Å². The van der Waals surface area contributed by atoms with Crippen molar-refractivity contribution in [1.82, 2.24) is 10.3 Å². The number of thiazole rings is 1. The third kappa shape index (κ3) is 4.19. The van der Waals surface area contributed by atoms with Crippen LogP contribution in [-0.4, -0.2) is 17.4 Å². The average Bonchev–Trinajstić information content (AvgIpc) is 2.88. The minimum atomic E-state index is -0.135. The van der Waals surface area contributed by atoms with E-state index in [1.807, 2.05) is 13.0 Å². The van der Waals surface area contributed by atoms with Gasteiger partial charge in [-0.3, -0.25) is 4.79 Å². The number of halogens is 1. The van der Waals surface area contributed by atoms with Crippen LogP contribution < -0.4 is 10.6 Å². The Labute approximate surface area is 133 Å². The summed E-state index contributed by atoms with van der Waals surface area (Å²) in [5, 5.41) is 6.72. The lowest BCUT2D eigenvalue weighted by atomic mass is 10.1. The Bertz CT molecular complexity index is 627. The van der Waals surface area contributed by atoms with E-state index >= 15 is 0 Å². The van der Waals surface area contributed by atoms with E-state index in [4.69, 9.17) is 11.6 Å². The van der Waals surface area contributed by atoms with E-state index in [0.29, 0.717) is 17.1 Å². The van der Waals surface area contributed by atoms with Crippen molar-refractivity contribution in [3.63, 3.8) is 0 Å². The van der Waals surface area contributed by atoms with Crippen LogP contribution in [0.15, 0.2) is 23.7 Å². The molecule has 2 aromatic rings. The second kappa shape index (κ2) is 7.43. The Morgan fingerprint density at radius 1 is 1.43 bits per heavy atom. The van der Waals surface area contributed by atoms with Crippen LogP contribution in [0, 0.1) is 6.92 Å². The number of hydrogen-bond acceptors (Lipinski definition) is 4. The molecule has 0 saturated carbocycles. The summed E-state index contributed by atoms with van der Waals surface area (Å²) < 4.78 is 0. The number of amides is 1. The molecular weight excluding hydrogens is 306 g/mol. The Hall–Kier alpha value is -1.59. The minimum Gasteiger partial charge on any atom is -0.384 e. The van der Waals surface area contributed by atoms with Gasteiger partial charge in [-0.05, 0) is 31.5 Å². The fraction of sp³-hybridized carbons (Fsp3) is 0.333. The van der Waals surface area contributed by atoms with Gasteiger partial charge in [-0.2, -0.15) is 0 Å². The lowest BCUT2D eigenvalue weighted by Gasteiger charge is -2.12. The zero-order valence-electron chi connectivity index (χ0n) is 12.1. The highest BCUT2D eigenvalue weighted by atomic mass is 35.5. The molecule has 0 bridgehead atoms. The molecule has 1 amide bonds. The molecule has 2 rings (SSSR count). The molecule has 4 nitrogen and oxygen atoms in total. The lowest BCUT2D eigenvalue weighted by molar-refractivity contribution is 0.0952. The smallest absolute Gasteiger partial charge is 0.253 e. The van der Waals surface area contributed by atoms with E-state index in [1.165, 1.54) is 0 Å². The average molecular weight is 324 g/mol. The molecule has 1 aromatic carbocycles. The van der Waals surface area contributed by atoms with E-state index in [1.54, 1.807) is 29.0 Å². The molecule has 1 heterocycles. The summed E-state index contributed by atoms with van der Waals surface area (Å²) in [6, 6.07) is 5.31. The summed E-state index contributed by atoms with van der Waals surface area (Å²) >= 11 is 7.54. The highest BCUT2D eigenvalue weighted by Gasteiger charge is 2.12. The molecule has 0 fully saturated rings. The number of benzene rings is 1. The van der Waals surface area contributed by atoms with E-state index in [-0.39, 0.29) is 5.91 Å². The molecule has 21 heavy (non-hydrogen) atoms. The van der Waals surface area contributed by atoms with Crippen molar-refractivity contribution in [1.29, 1.82) is 0 Å². The number of carbonyl (C=O) groups excluding carboxylic acids is 1. The van der Waals surface area contributed by atoms with E-state index in [2.05, 4.69) is 22.5 Å². The molecule has 0 saturated heterocycles. The van der Waals surface area contributed by atoms with Crippen molar-refractivity contribution in [2.45, 2.75) is 26.8 Å². The molecule has 0 aliphatic carbocycles. The van der Waals surface area contributed by atoms with Gasteiger partial charge in [0.05, 0.1) is 23.3 Å². The molecule has 0 spiro atoms. The Kier molecular flexibility index (Phi) is 5.59. The predicted molar refractivity (Wildman–Crippen MR) is 88.3 cm³/mol. The van der Waals surface area contributed by atoms with Gasteiger partial charge in [-0.25, -0.2) is 4.98 Å². The summed E-state index contributed by atoms with van der Waals surface area (Å²) in [6.07, 6.45) is 0.990. The molecule has 0 unspecified atom stereocenters. The number of nitrogens with one attached hydrogen (secondary N) is 2. The van der Waals surface area contributed by atoms with Crippen LogP contribution in [0.25, 0.3) is 0 Å². The van der Waals surface area contributed by atoms with Crippen LogP contribution in [0.5, 0.6) is 0 Å². The Balaban J connectivity index is 2.10. The Morgan fingerprint density at radius 3 is 2.90 bits per heavy atom. The van der Waals surface area contributed by atoms with Gasteiger partial charge in [0, 0.05) is 22.1 Å². The van der Waals surface area contributed by atoms with Gasteiger partial charge in [-0.15, -0.1) is 11.3 Å². The van der Waals surface area contributed by atoms with Crippen LogP contribution in [0.2, 0.25) is 5.02 Å². The number of carbonyl (C=O) groups is 1. The second-order valence-electron chi connectivity index (χ2n) is 4.66. The molecule has 112 valence electrons. The largest absolute Gasteiger partial charge is 0.384 e. The Morgan fingerprint density at radius 2 is 2.24 bits per heavy atom. The normalized spacial score (nSPS) is 10.4. The maximum absolute atomic E-state index is 12.4. The van der Waals surface area contributed by atoms with Crippen molar-refractivity contribution in [3.05, 3.63) is 44.9 Å². The highest BCUT2D eigenvalue weighted by molar-refractivity contribution is 7.09.